The van der Waals surface area contributed by atoms with Gasteiger partial charge >= 0.3 is 5.97 Å². The third-order valence-corrected chi connectivity index (χ3v) is 2.55. The third kappa shape index (κ3) is 2.36. The number of halogens is 1. The molecule has 1 aromatic heterocycles. The van der Waals surface area contributed by atoms with Gasteiger partial charge in [0.25, 0.3) is 0 Å². The summed E-state index contributed by atoms with van der Waals surface area (Å²) in [6.07, 6.45) is 2.91. The van der Waals surface area contributed by atoms with Crippen molar-refractivity contribution in [1.29, 1.82) is 0 Å². The van der Waals surface area contributed by atoms with Gasteiger partial charge in [-0.25, -0.2) is 9.18 Å². The maximum atomic E-state index is 13.4. The van der Waals surface area contributed by atoms with Gasteiger partial charge in [0.1, 0.15) is 5.82 Å². The minimum atomic E-state index is -0.967. The molecule has 0 aliphatic carbocycles. The second-order valence-electron chi connectivity index (χ2n) is 3.95. The van der Waals surface area contributed by atoms with Crippen molar-refractivity contribution in [2.75, 3.05) is 0 Å². The topological polar surface area (TPSA) is 42.2 Å². The smallest absolute Gasteiger partial charge is 0.328 e. The molecule has 1 heterocycles. The molecule has 0 amide bonds. The van der Waals surface area contributed by atoms with E-state index in [9.17, 15) is 9.18 Å². The van der Waals surface area contributed by atoms with Crippen LogP contribution in [0.15, 0.2) is 42.1 Å². The molecule has 0 fully saturated rings. The Bertz CT molecular complexity index is 598. The van der Waals surface area contributed by atoms with Crippen molar-refractivity contribution in [2.24, 2.45) is 0 Å². The van der Waals surface area contributed by atoms with Crippen LogP contribution in [0.5, 0.6) is 0 Å². The van der Waals surface area contributed by atoms with E-state index in [0.717, 1.165) is 11.6 Å². The van der Waals surface area contributed by atoms with E-state index >= 15 is 0 Å². The van der Waals surface area contributed by atoms with Crippen LogP contribution in [0.3, 0.4) is 0 Å². The second-order valence-corrected chi connectivity index (χ2v) is 3.95. The van der Waals surface area contributed by atoms with Crippen LogP contribution in [0.4, 0.5) is 4.39 Å². The van der Waals surface area contributed by atoms with Crippen LogP contribution in [0.1, 0.15) is 6.92 Å². The summed E-state index contributed by atoms with van der Waals surface area (Å²) in [5.41, 5.74) is 1.47. The number of hydrogen-bond acceptors (Lipinski definition) is 1. The molecule has 0 aliphatic rings. The average molecular weight is 233 g/mol. The summed E-state index contributed by atoms with van der Waals surface area (Å²) in [4.78, 5) is 10.5. The van der Waals surface area contributed by atoms with Gasteiger partial charge in [-0.05, 0) is 30.7 Å². The molecule has 1 aromatic carbocycles. The van der Waals surface area contributed by atoms with Gasteiger partial charge in [0.2, 0.25) is 0 Å². The van der Waals surface area contributed by atoms with Gasteiger partial charge in [-0.1, -0.05) is 6.07 Å². The highest BCUT2D eigenvalue weighted by molar-refractivity contribution is 5.82. The lowest BCUT2D eigenvalue weighted by Crippen LogP contribution is -2.00. The molecule has 17 heavy (non-hydrogen) atoms. The van der Waals surface area contributed by atoms with Crippen molar-refractivity contribution < 1.29 is 14.3 Å². The van der Waals surface area contributed by atoms with Gasteiger partial charge in [-0.15, -0.1) is 0 Å². The number of rotatable bonds is 3. The minimum absolute atomic E-state index is 0.263. The maximum Gasteiger partial charge on any atom is 0.328 e. The van der Waals surface area contributed by atoms with Gasteiger partial charge in [-0.3, -0.25) is 0 Å². The zero-order valence-corrected chi connectivity index (χ0v) is 9.35. The highest BCUT2D eigenvalue weighted by Crippen LogP contribution is 2.19. The molecule has 1 N–H and O–H groups in total. The number of carboxylic acids is 1. The normalized spacial score (nSPS) is 12.0. The summed E-state index contributed by atoms with van der Waals surface area (Å²) in [7, 11) is 0. The quantitative estimate of drug-likeness (QED) is 0.828. The largest absolute Gasteiger partial charge is 0.478 e. The van der Waals surface area contributed by atoms with E-state index in [2.05, 4.69) is 0 Å². The second kappa shape index (κ2) is 4.41. The maximum absolute atomic E-state index is 13.4. The fraction of sp³-hybridized carbons (Fsp3) is 0.154. The van der Waals surface area contributed by atoms with Gasteiger partial charge in [-0.2, -0.15) is 0 Å². The Labute approximate surface area is 97.8 Å². The van der Waals surface area contributed by atoms with E-state index in [1.165, 1.54) is 6.07 Å². The summed E-state index contributed by atoms with van der Waals surface area (Å²) in [5, 5.41) is 9.18. The van der Waals surface area contributed by atoms with Crippen molar-refractivity contribution in [3.8, 4) is 0 Å². The van der Waals surface area contributed by atoms with E-state index in [1.54, 1.807) is 25.3 Å². The Morgan fingerprint density at radius 3 is 2.94 bits per heavy atom. The first-order chi connectivity index (χ1) is 8.08. The Morgan fingerprint density at radius 1 is 1.47 bits per heavy atom. The van der Waals surface area contributed by atoms with Crippen molar-refractivity contribution >= 4 is 16.9 Å². The molecule has 0 unspecified atom stereocenters. The van der Waals surface area contributed by atoms with Crippen LogP contribution in [-0.4, -0.2) is 15.6 Å². The minimum Gasteiger partial charge on any atom is -0.478 e. The van der Waals surface area contributed by atoms with E-state index in [0.29, 0.717) is 17.5 Å². The summed E-state index contributed by atoms with van der Waals surface area (Å²) in [5.74, 6) is -1.23. The molecule has 2 rings (SSSR count). The zero-order chi connectivity index (χ0) is 12.4. The van der Waals surface area contributed by atoms with E-state index < -0.39 is 5.97 Å². The van der Waals surface area contributed by atoms with Crippen molar-refractivity contribution in [3.63, 3.8) is 0 Å². The predicted molar refractivity (Wildman–Crippen MR) is 63.3 cm³/mol. The fourth-order valence-electron chi connectivity index (χ4n) is 1.85. The zero-order valence-electron chi connectivity index (χ0n) is 9.35. The number of aromatic nitrogens is 1. The molecule has 0 saturated heterocycles. The highest BCUT2D eigenvalue weighted by Gasteiger charge is 2.05. The number of benzene rings is 1. The average Bonchev–Trinajstić information content (AvgIpc) is 2.62. The van der Waals surface area contributed by atoms with Crippen LogP contribution < -0.4 is 0 Å². The molecule has 4 heteroatoms. The molecule has 0 bridgehead atoms. The summed E-state index contributed by atoms with van der Waals surface area (Å²) in [6, 6.07) is 6.56. The molecule has 88 valence electrons. The molecule has 0 saturated carbocycles. The number of allylic oxidation sites excluding steroid dienone is 1. The number of carboxylic acid groups (broad SMARTS) is 1. The van der Waals surface area contributed by atoms with Crippen molar-refractivity contribution in [3.05, 3.63) is 47.9 Å². The lowest BCUT2D eigenvalue weighted by atomic mass is 10.2. The first kappa shape index (κ1) is 11.4. The van der Waals surface area contributed by atoms with Gasteiger partial charge in [0.05, 0.1) is 5.52 Å². The molecule has 2 aromatic rings. The van der Waals surface area contributed by atoms with Gasteiger partial charge in [0.15, 0.2) is 0 Å². The predicted octanol–water partition coefficient (Wildman–Crippen LogP) is 2.81. The lowest BCUT2D eigenvalue weighted by Gasteiger charge is -2.05. The standard InChI is InChI=1S/C13H12FNO2/c1-9(7-13(16)17)8-15-6-5-10-11(14)3-2-4-12(10)15/h2-7H,8H2,1H3,(H,16,17)/b9-7-. The van der Waals surface area contributed by atoms with Crippen LogP contribution in [0, 0.1) is 5.82 Å². The first-order valence-electron chi connectivity index (χ1n) is 5.21. The first-order valence-corrected chi connectivity index (χ1v) is 5.21. The van der Waals surface area contributed by atoms with Gasteiger partial charge in [0, 0.05) is 24.2 Å². The Morgan fingerprint density at radius 2 is 2.24 bits per heavy atom. The van der Waals surface area contributed by atoms with Crippen LogP contribution >= 0.6 is 0 Å². The number of aliphatic carboxylic acids is 1. The molecule has 0 spiro atoms. The van der Waals surface area contributed by atoms with E-state index in [1.807, 2.05) is 10.6 Å². The van der Waals surface area contributed by atoms with Crippen molar-refractivity contribution in [1.82, 2.24) is 4.57 Å². The van der Waals surface area contributed by atoms with Crippen LogP contribution in [-0.2, 0) is 11.3 Å². The lowest BCUT2D eigenvalue weighted by molar-refractivity contribution is -0.131. The number of hydrogen-bond donors (Lipinski definition) is 1. The molecular weight excluding hydrogens is 221 g/mol. The Hall–Kier alpha value is -2.10. The highest BCUT2D eigenvalue weighted by atomic mass is 19.1. The number of carbonyl (C=O) groups is 1. The third-order valence-electron chi connectivity index (χ3n) is 2.55. The van der Waals surface area contributed by atoms with Crippen LogP contribution in [0.25, 0.3) is 10.9 Å². The van der Waals surface area contributed by atoms with Crippen LogP contribution in [0.2, 0.25) is 0 Å². The number of fused-ring (bicyclic) bond motifs is 1. The SMILES string of the molecule is C/C(=C/C(=O)O)Cn1ccc2c(F)cccc21. The fourth-order valence-corrected chi connectivity index (χ4v) is 1.85. The van der Waals surface area contributed by atoms with E-state index in [4.69, 9.17) is 5.11 Å². The molecule has 0 atom stereocenters. The summed E-state index contributed by atoms with van der Waals surface area (Å²) >= 11 is 0. The molecule has 0 aliphatic heterocycles. The van der Waals surface area contributed by atoms with E-state index in [-0.39, 0.29) is 5.82 Å². The Balaban J connectivity index is 2.38. The van der Waals surface area contributed by atoms with Gasteiger partial charge < -0.3 is 9.67 Å². The Kier molecular flexibility index (Phi) is 2.95. The number of nitrogens with zero attached hydrogens (tertiary/aromatic N) is 1. The monoisotopic (exact) mass is 233 g/mol. The molecular formula is C13H12FNO2. The molecule has 0 radical (unpaired) electrons. The molecule has 3 nitrogen and oxygen atoms in total. The summed E-state index contributed by atoms with van der Waals surface area (Å²) in [6.45, 7) is 2.18. The van der Waals surface area contributed by atoms with Crippen molar-refractivity contribution in [2.45, 2.75) is 13.5 Å². The summed E-state index contributed by atoms with van der Waals surface area (Å²) < 4.78 is 15.3.